The number of amides is 1. The largest absolute Gasteiger partial charge is 0.456 e. The van der Waals surface area contributed by atoms with Crippen LogP contribution in [-0.2, 0) is 16.1 Å². The van der Waals surface area contributed by atoms with Gasteiger partial charge in [0, 0.05) is 18.9 Å². The van der Waals surface area contributed by atoms with E-state index < -0.39 is 0 Å². The minimum absolute atomic E-state index is 0.00658. The van der Waals surface area contributed by atoms with Crippen molar-refractivity contribution in [2.75, 3.05) is 13.2 Å². The zero-order valence-electron chi connectivity index (χ0n) is 14.3. The second-order valence-electron chi connectivity index (χ2n) is 6.59. The van der Waals surface area contributed by atoms with Crippen LogP contribution in [0.1, 0.15) is 34.7 Å². The third-order valence-corrected chi connectivity index (χ3v) is 4.96. The van der Waals surface area contributed by atoms with Crippen LogP contribution in [-0.4, -0.2) is 47.2 Å². The maximum atomic E-state index is 12.8. The highest BCUT2D eigenvalue weighted by Gasteiger charge is 2.45. The first kappa shape index (κ1) is 16.3. The van der Waals surface area contributed by atoms with E-state index in [-0.39, 0.29) is 24.2 Å². The van der Waals surface area contributed by atoms with E-state index in [2.05, 4.69) is 4.98 Å². The highest BCUT2D eigenvalue weighted by Crippen LogP contribution is 2.33. The topological polar surface area (TPSA) is 64.8 Å². The van der Waals surface area contributed by atoms with Gasteiger partial charge in [-0.2, -0.15) is 0 Å². The van der Waals surface area contributed by atoms with Crippen LogP contribution in [0.15, 0.2) is 41.1 Å². The van der Waals surface area contributed by atoms with Gasteiger partial charge in [-0.3, -0.25) is 9.78 Å². The van der Waals surface area contributed by atoms with Crippen molar-refractivity contribution in [3.05, 3.63) is 53.7 Å². The number of fused-ring (bicyclic) bond motifs is 1. The summed E-state index contributed by atoms with van der Waals surface area (Å²) in [4.78, 5) is 18.7. The second-order valence-corrected chi connectivity index (χ2v) is 6.59. The van der Waals surface area contributed by atoms with Gasteiger partial charge >= 0.3 is 0 Å². The number of nitrogens with zero attached hydrogens (tertiary/aromatic N) is 2. The van der Waals surface area contributed by atoms with E-state index in [1.165, 1.54) is 0 Å². The fraction of sp³-hybridized carbons (Fsp3) is 0.474. The Hall–Kier alpha value is -2.18. The Morgan fingerprint density at radius 1 is 1.28 bits per heavy atom. The molecule has 0 radical (unpaired) electrons. The average molecular weight is 342 g/mol. The summed E-state index contributed by atoms with van der Waals surface area (Å²) in [5, 5.41) is 0. The summed E-state index contributed by atoms with van der Waals surface area (Å²) in [6, 6.07) is 7.51. The Morgan fingerprint density at radius 2 is 2.12 bits per heavy atom. The summed E-state index contributed by atoms with van der Waals surface area (Å²) in [5.41, 5.74) is 1.09. The molecule has 6 heteroatoms. The number of morpholine rings is 1. The number of hydrogen-bond acceptors (Lipinski definition) is 5. The molecule has 2 fully saturated rings. The second kappa shape index (κ2) is 6.98. The molecule has 1 aliphatic carbocycles. The van der Waals surface area contributed by atoms with Crippen molar-refractivity contribution in [3.63, 3.8) is 0 Å². The summed E-state index contributed by atoms with van der Waals surface area (Å²) < 4.78 is 17.6. The molecular weight excluding hydrogens is 320 g/mol. The number of aromatic nitrogens is 1. The van der Waals surface area contributed by atoms with E-state index in [1.807, 2.05) is 30.0 Å². The number of ether oxygens (including phenoxy) is 2. The lowest BCUT2D eigenvalue weighted by Crippen LogP contribution is -2.53. The molecule has 3 atom stereocenters. The van der Waals surface area contributed by atoms with Crippen molar-refractivity contribution < 1.29 is 18.7 Å². The smallest absolute Gasteiger partial charge is 0.289 e. The van der Waals surface area contributed by atoms with Crippen LogP contribution in [0.3, 0.4) is 0 Å². The molecule has 1 saturated heterocycles. The molecule has 1 amide bonds. The Kier molecular flexibility index (Phi) is 4.55. The summed E-state index contributed by atoms with van der Waals surface area (Å²) in [6.07, 6.45) is 5.24. The van der Waals surface area contributed by atoms with Gasteiger partial charge in [0.15, 0.2) is 5.76 Å². The normalized spacial score (nSPS) is 25.8. The van der Waals surface area contributed by atoms with Crippen molar-refractivity contribution in [1.82, 2.24) is 9.88 Å². The van der Waals surface area contributed by atoms with Gasteiger partial charge in [-0.25, -0.2) is 0 Å². The van der Waals surface area contributed by atoms with Gasteiger partial charge in [-0.05, 0) is 49.6 Å². The molecule has 0 N–H and O–H groups in total. The Bertz CT molecular complexity index is 730. The van der Waals surface area contributed by atoms with E-state index in [0.717, 1.165) is 24.2 Å². The minimum atomic E-state index is -0.0735. The monoisotopic (exact) mass is 342 g/mol. The van der Waals surface area contributed by atoms with Crippen LogP contribution in [0.4, 0.5) is 0 Å². The van der Waals surface area contributed by atoms with Crippen LogP contribution in [0.25, 0.3) is 0 Å². The van der Waals surface area contributed by atoms with Crippen LogP contribution >= 0.6 is 0 Å². The summed E-state index contributed by atoms with van der Waals surface area (Å²) in [6.45, 7) is 3.50. The molecule has 2 aromatic heterocycles. The van der Waals surface area contributed by atoms with Crippen LogP contribution < -0.4 is 0 Å². The molecule has 4 rings (SSSR count). The SMILES string of the molecule is Cc1ccc(C(=O)N2CCO[C@@H]3[C@@H](OCc4ccncc4)CC[C@@H]32)o1. The molecular formula is C19H22N2O4. The number of furan rings is 1. The molecule has 6 nitrogen and oxygen atoms in total. The Labute approximate surface area is 146 Å². The lowest BCUT2D eigenvalue weighted by molar-refractivity contribution is -0.108. The first-order chi connectivity index (χ1) is 12.2. The lowest BCUT2D eigenvalue weighted by atomic mass is 10.1. The molecule has 3 heterocycles. The predicted molar refractivity (Wildman–Crippen MR) is 90.1 cm³/mol. The molecule has 0 aromatic carbocycles. The van der Waals surface area contributed by atoms with E-state index in [4.69, 9.17) is 13.9 Å². The van der Waals surface area contributed by atoms with Gasteiger partial charge in [-0.1, -0.05) is 0 Å². The first-order valence-corrected chi connectivity index (χ1v) is 8.72. The maximum Gasteiger partial charge on any atom is 0.289 e. The molecule has 0 spiro atoms. The number of hydrogen-bond donors (Lipinski definition) is 0. The Morgan fingerprint density at radius 3 is 2.88 bits per heavy atom. The summed E-state index contributed by atoms with van der Waals surface area (Å²) in [7, 11) is 0. The number of aryl methyl sites for hydroxylation is 1. The molecule has 1 saturated carbocycles. The number of carbonyl (C=O) groups is 1. The first-order valence-electron chi connectivity index (χ1n) is 8.72. The van der Waals surface area contributed by atoms with Crippen LogP contribution in [0.2, 0.25) is 0 Å². The predicted octanol–water partition coefficient (Wildman–Crippen LogP) is 2.57. The van der Waals surface area contributed by atoms with Crippen LogP contribution in [0.5, 0.6) is 0 Å². The van der Waals surface area contributed by atoms with Crippen molar-refractivity contribution in [3.8, 4) is 0 Å². The zero-order chi connectivity index (χ0) is 17.2. The molecule has 1 aliphatic heterocycles. The fourth-order valence-electron chi connectivity index (χ4n) is 3.72. The highest BCUT2D eigenvalue weighted by molar-refractivity contribution is 5.92. The molecule has 25 heavy (non-hydrogen) atoms. The molecule has 0 bridgehead atoms. The van der Waals surface area contributed by atoms with E-state index in [9.17, 15) is 4.79 Å². The molecule has 132 valence electrons. The minimum Gasteiger partial charge on any atom is -0.456 e. The average Bonchev–Trinajstić information content (AvgIpc) is 3.26. The summed E-state index contributed by atoms with van der Waals surface area (Å²) >= 11 is 0. The van der Waals surface area contributed by atoms with E-state index >= 15 is 0 Å². The van der Waals surface area contributed by atoms with Gasteiger partial charge in [0.05, 0.1) is 25.4 Å². The van der Waals surface area contributed by atoms with Gasteiger partial charge in [-0.15, -0.1) is 0 Å². The van der Waals surface area contributed by atoms with Crippen molar-refractivity contribution >= 4 is 5.91 Å². The third kappa shape index (κ3) is 3.32. The lowest BCUT2D eigenvalue weighted by Gasteiger charge is -2.38. The maximum absolute atomic E-state index is 12.8. The van der Waals surface area contributed by atoms with Crippen molar-refractivity contribution in [2.24, 2.45) is 0 Å². The molecule has 0 unspecified atom stereocenters. The Balaban J connectivity index is 1.42. The van der Waals surface area contributed by atoms with Gasteiger partial charge in [0.25, 0.3) is 5.91 Å². The zero-order valence-corrected chi connectivity index (χ0v) is 14.3. The van der Waals surface area contributed by atoms with Crippen molar-refractivity contribution in [1.29, 1.82) is 0 Å². The summed E-state index contributed by atoms with van der Waals surface area (Å²) in [5.74, 6) is 1.10. The van der Waals surface area contributed by atoms with Crippen molar-refractivity contribution in [2.45, 2.75) is 44.6 Å². The molecule has 2 aromatic rings. The molecule has 2 aliphatic rings. The standard InChI is InChI=1S/C19H22N2O4/c1-13-2-4-17(25-13)19(22)21-10-11-23-18-15(21)3-5-16(18)24-12-14-6-8-20-9-7-14/h2,4,6-9,15-16,18H,3,5,10-12H2,1H3/t15-,16-,18-/m0/s1. The number of pyridine rings is 1. The third-order valence-electron chi connectivity index (χ3n) is 4.96. The fourth-order valence-corrected chi connectivity index (χ4v) is 3.72. The van der Waals surface area contributed by atoms with Gasteiger partial charge < -0.3 is 18.8 Å². The number of carbonyl (C=O) groups excluding carboxylic acids is 1. The van der Waals surface area contributed by atoms with Gasteiger partial charge in [0.2, 0.25) is 0 Å². The van der Waals surface area contributed by atoms with E-state index in [1.54, 1.807) is 18.5 Å². The van der Waals surface area contributed by atoms with Gasteiger partial charge in [0.1, 0.15) is 11.9 Å². The quantitative estimate of drug-likeness (QED) is 0.854. The van der Waals surface area contributed by atoms with Crippen LogP contribution in [0, 0.1) is 6.92 Å². The number of rotatable bonds is 4. The highest BCUT2D eigenvalue weighted by atomic mass is 16.5. The van der Waals surface area contributed by atoms with E-state index in [0.29, 0.717) is 25.5 Å².